The van der Waals surface area contributed by atoms with Crippen LogP contribution in [-0.4, -0.2) is 32.5 Å². The Kier molecular flexibility index (Phi) is 3.08. The van der Waals surface area contributed by atoms with Gasteiger partial charge in [0.2, 0.25) is 0 Å². The van der Waals surface area contributed by atoms with E-state index in [2.05, 4.69) is 4.98 Å². The van der Waals surface area contributed by atoms with Crippen LogP contribution < -0.4 is 0 Å². The third-order valence-corrected chi connectivity index (χ3v) is 1.75. The highest BCUT2D eigenvalue weighted by atomic mass is 35.5. The molecule has 5 heteroatoms. The van der Waals surface area contributed by atoms with Gasteiger partial charge in [-0.15, -0.1) is 0 Å². The molecule has 0 aliphatic rings. The summed E-state index contributed by atoms with van der Waals surface area (Å²) in [5.74, 6) is 0.729. The normalized spacial score (nSPS) is 13.3. The summed E-state index contributed by atoms with van der Waals surface area (Å²) in [7, 11) is 0. The Morgan fingerprint density at radius 1 is 1.75 bits per heavy atom. The standard InChI is InChI=1S/C7H11ClN2O2/c1-5-9-7(8)3-10(5)2-6(12)4-11/h3,6,11-12H,2,4H2,1H3. The highest BCUT2D eigenvalue weighted by molar-refractivity contribution is 6.29. The van der Waals surface area contributed by atoms with Crippen molar-refractivity contribution in [1.82, 2.24) is 9.55 Å². The molecule has 1 aromatic heterocycles. The lowest BCUT2D eigenvalue weighted by Gasteiger charge is -2.08. The van der Waals surface area contributed by atoms with Gasteiger partial charge in [-0.3, -0.25) is 0 Å². The first-order valence-corrected chi connectivity index (χ1v) is 3.99. The van der Waals surface area contributed by atoms with Crippen LogP contribution in [0.4, 0.5) is 0 Å². The van der Waals surface area contributed by atoms with Crippen LogP contribution in [0.5, 0.6) is 0 Å². The molecular formula is C7H11ClN2O2. The molecule has 2 N–H and O–H groups in total. The molecule has 68 valence electrons. The molecule has 0 aliphatic carbocycles. The highest BCUT2D eigenvalue weighted by Gasteiger charge is 2.06. The first-order valence-electron chi connectivity index (χ1n) is 3.61. The maximum Gasteiger partial charge on any atom is 0.147 e. The van der Waals surface area contributed by atoms with E-state index in [-0.39, 0.29) is 6.61 Å². The number of aliphatic hydroxyl groups is 2. The van der Waals surface area contributed by atoms with Crippen molar-refractivity contribution in [3.63, 3.8) is 0 Å². The number of hydrogen-bond acceptors (Lipinski definition) is 3. The number of halogens is 1. The summed E-state index contributed by atoms with van der Waals surface area (Å²) in [5.41, 5.74) is 0. The molecule has 0 saturated heterocycles. The Morgan fingerprint density at radius 2 is 2.42 bits per heavy atom. The van der Waals surface area contributed by atoms with Gasteiger partial charge in [-0.05, 0) is 6.92 Å². The average Bonchev–Trinajstić information content (AvgIpc) is 2.30. The molecule has 0 aromatic carbocycles. The molecule has 1 unspecified atom stereocenters. The van der Waals surface area contributed by atoms with Gasteiger partial charge < -0.3 is 14.8 Å². The molecule has 1 aromatic rings. The molecule has 0 saturated carbocycles. The van der Waals surface area contributed by atoms with Crippen molar-refractivity contribution in [2.75, 3.05) is 6.61 Å². The van der Waals surface area contributed by atoms with Crippen LogP contribution in [0, 0.1) is 6.92 Å². The van der Waals surface area contributed by atoms with Crippen LogP contribution in [0.15, 0.2) is 6.20 Å². The Hall–Kier alpha value is -0.580. The molecule has 0 radical (unpaired) electrons. The van der Waals surface area contributed by atoms with E-state index in [1.807, 2.05) is 0 Å². The first-order chi connectivity index (χ1) is 5.63. The lowest BCUT2D eigenvalue weighted by Crippen LogP contribution is -2.19. The second-order valence-electron chi connectivity index (χ2n) is 2.60. The van der Waals surface area contributed by atoms with Crippen LogP contribution in [0.3, 0.4) is 0 Å². The quantitative estimate of drug-likeness (QED) is 0.716. The zero-order chi connectivity index (χ0) is 9.14. The van der Waals surface area contributed by atoms with Gasteiger partial charge in [0.25, 0.3) is 0 Å². The van der Waals surface area contributed by atoms with Gasteiger partial charge in [-0.1, -0.05) is 11.6 Å². The Bertz CT molecular complexity index is 262. The third kappa shape index (κ3) is 2.20. The molecular weight excluding hydrogens is 180 g/mol. The van der Waals surface area contributed by atoms with E-state index < -0.39 is 6.10 Å². The number of imidazole rings is 1. The van der Waals surface area contributed by atoms with Gasteiger partial charge in [0.1, 0.15) is 11.0 Å². The summed E-state index contributed by atoms with van der Waals surface area (Å²) in [6.45, 7) is 1.85. The van der Waals surface area contributed by atoms with Crippen LogP contribution in [0.1, 0.15) is 5.82 Å². The predicted molar refractivity (Wildman–Crippen MR) is 45.1 cm³/mol. The highest BCUT2D eigenvalue weighted by Crippen LogP contribution is 2.08. The fourth-order valence-electron chi connectivity index (χ4n) is 0.939. The minimum atomic E-state index is -0.756. The lowest BCUT2D eigenvalue weighted by molar-refractivity contribution is 0.0807. The minimum Gasteiger partial charge on any atom is -0.394 e. The number of aliphatic hydroxyl groups excluding tert-OH is 2. The molecule has 0 fully saturated rings. The van der Waals surface area contributed by atoms with Gasteiger partial charge in [0.15, 0.2) is 0 Å². The summed E-state index contributed by atoms with van der Waals surface area (Å²) < 4.78 is 1.70. The van der Waals surface area contributed by atoms with E-state index in [1.165, 1.54) is 0 Å². The van der Waals surface area contributed by atoms with Crippen molar-refractivity contribution in [3.8, 4) is 0 Å². The third-order valence-electron chi connectivity index (χ3n) is 1.56. The Balaban J connectivity index is 2.68. The number of nitrogens with zero attached hydrogens (tertiary/aromatic N) is 2. The van der Waals surface area contributed by atoms with Crippen LogP contribution in [-0.2, 0) is 6.54 Å². The van der Waals surface area contributed by atoms with E-state index in [0.717, 1.165) is 5.82 Å². The van der Waals surface area contributed by atoms with Crippen LogP contribution >= 0.6 is 11.6 Å². The van der Waals surface area contributed by atoms with E-state index in [4.69, 9.17) is 21.8 Å². The minimum absolute atomic E-state index is 0.255. The first kappa shape index (κ1) is 9.51. The molecule has 1 atom stereocenters. The largest absolute Gasteiger partial charge is 0.394 e. The van der Waals surface area contributed by atoms with Crippen molar-refractivity contribution in [1.29, 1.82) is 0 Å². The van der Waals surface area contributed by atoms with Crippen molar-refractivity contribution < 1.29 is 10.2 Å². The Morgan fingerprint density at radius 3 is 2.83 bits per heavy atom. The molecule has 0 aliphatic heterocycles. The van der Waals surface area contributed by atoms with Gasteiger partial charge >= 0.3 is 0 Å². The van der Waals surface area contributed by atoms with Crippen molar-refractivity contribution in [2.45, 2.75) is 19.6 Å². The number of aromatic nitrogens is 2. The fraction of sp³-hybridized carbons (Fsp3) is 0.571. The second-order valence-corrected chi connectivity index (χ2v) is 2.99. The predicted octanol–water partition coefficient (Wildman–Crippen LogP) is 0.198. The smallest absolute Gasteiger partial charge is 0.147 e. The molecule has 4 nitrogen and oxygen atoms in total. The monoisotopic (exact) mass is 190 g/mol. The van der Waals surface area contributed by atoms with E-state index in [9.17, 15) is 0 Å². The number of rotatable bonds is 3. The Labute approximate surface area is 75.4 Å². The fourth-order valence-corrected chi connectivity index (χ4v) is 1.18. The number of hydrogen-bond donors (Lipinski definition) is 2. The summed E-state index contributed by atoms with van der Waals surface area (Å²) >= 11 is 5.62. The van der Waals surface area contributed by atoms with Crippen LogP contribution in [0.2, 0.25) is 5.15 Å². The molecule has 0 spiro atoms. The summed E-state index contributed by atoms with van der Waals surface area (Å²) in [5, 5.41) is 18.1. The van der Waals surface area contributed by atoms with Crippen molar-refractivity contribution in [3.05, 3.63) is 17.2 Å². The molecule has 1 heterocycles. The molecule has 0 bridgehead atoms. The van der Waals surface area contributed by atoms with E-state index in [1.54, 1.807) is 17.7 Å². The van der Waals surface area contributed by atoms with Crippen molar-refractivity contribution in [2.24, 2.45) is 0 Å². The summed E-state index contributed by atoms with van der Waals surface area (Å²) in [6.07, 6.45) is 0.865. The molecule has 1 rings (SSSR count). The van der Waals surface area contributed by atoms with Gasteiger partial charge in [0, 0.05) is 6.20 Å². The number of aryl methyl sites for hydroxylation is 1. The second kappa shape index (κ2) is 3.89. The van der Waals surface area contributed by atoms with E-state index in [0.29, 0.717) is 11.7 Å². The molecule has 0 amide bonds. The van der Waals surface area contributed by atoms with Crippen molar-refractivity contribution >= 4 is 11.6 Å². The SMILES string of the molecule is Cc1nc(Cl)cn1CC(O)CO. The summed E-state index contributed by atoms with van der Waals surface area (Å²) in [6, 6.07) is 0. The topological polar surface area (TPSA) is 58.3 Å². The van der Waals surface area contributed by atoms with E-state index >= 15 is 0 Å². The van der Waals surface area contributed by atoms with Gasteiger partial charge in [-0.2, -0.15) is 0 Å². The lowest BCUT2D eigenvalue weighted by atomic mass is 10.4. The summed E-state index contributed by atoms with van der Waals surface area (Å²) in [4.78, 5) is 3.93. The van der Waals surface area contributed by atoms with Gasteiger partial charge in [0.05, 0.1) is 19.3 Å². The zero-order valence-electron chi connectivity index (χ0n) is 6.74. The maximum atomic E-state index is 9.10. The molecule has 12 heavy (non-hydrogen) atoms. The average molecular weight is 191 g/mol. The van der Waals surface area contributed by atoms with Crippen LogP contribution in [0.25, 0.3) is 0 Å². The van der Waals surface area contributed by atoms with Gasteiger partial charge in [-0.25, -0.2) is 4.98 Å². The maximum absolute atomic E-state index is 9.10. The zero-order valence-corrected chi connectivity index (χ0v) is 7.49.